The first kappa shape index (κ1) is 10.5. The van der Waals surface area contributed by atoms with E-state index in [-0.39, 0.29) is 16.4 Å². The molecule has 3 aliphatic carbocycles. The summed E-state index contributed by atoms with van der Waals surface area (Å²) in [4.78, 5) is 0. The summed E-state index contributed by atoms with van der Waals surface area (Å²) in [5.41, 5.74) is 1.38. The molecule has 3 saturated carbocycles. The standard InChI is InChI=1S/C13H13ClF2/c14-8-12-5-13(6-12,7-12)10-4-2-1-3-9(10)11(15)16/h1-4,11H,5-8H2. The molecule has 0 aliphatic heterocycles. The molecule has 0 heterocycles. The SMILES string of the molecule is FC(F)c1ccccc1C12CC(CCl)(C1)C2. The molecule has 3 aliphatic rings. The monoisotopic (exact) mass is 242 g/mol. The van der Waals surface area contributed by atoms with Gasteiger partial charge in [-0.05, 0) is 35.7 Å². The van der Waals surface area contributed by atoms with Gasteiger partial charge in [-0.25, -0.2) is 8.78 Å². The van der Waals surface area contributed by atoms with Crippen LogP contribution in [0.25, 0.3) is 0 Å². The van der Waals surface area contributed by atoms with Crippen molar-refractivity contribution in [3.8, 4) is 0 Å². The molecule has 2 bridgehead atoms. The van der Waals surface area contributed by atoms with Crippen molar-refractivity contribution in [3.63, 3.8) is 0 Å². The van der Waals surface area contributed by atoms with E-state index in [0.717, 1.165) is 24.8 Å². The molecule has 86 valence electrons. The van der Waals surface area contributed by atoms with Gasteiger partial charge in [-0.3, -0.25) is 0 Å². The van der Waals surface area contributed by atoms with E-state index in [0.29, 0.717) is 5.88 Å². The Bertz CT molecular complexity index is 408. The summed E-state index contributed by atoms with van der Waals surface area (Å²) in [6.07, 6.45) is 0.616. The van der Waals surface area contributed by atoms with Crippen LogP contribution in [0.3, 0.4) is 0 Å². The zero-order chi connectivity index (χ0) is 11.4. The molecular formula is C13H13ClF2. The van der Waals surface area contributed by atoms with E-state index in [9.17, 15) is 8.78 Å². The van der Waals surface area contributed by atoms with Crippen LogP contribution in [-0.2, 0) is 5.41 Å². The van der Waals surface area contributed by atoms with Crippen LogP contribution in [0.2, 0.25) is 0 Å². The van der Waals surface area contributed by atoms with Gasteiger partial charge in [-0.1, -0.05) is 24.3 Å². The highest BCUT2D eigenvalue weighted by molar-refractivity contribution is 6.18. The maximum atomic E-state index is 12.9. The quantitative estimate of drug-likeness (QED) is 0.694. The zero-order valence-corrected chi connectivity index (χ0v) is 9.61. The summed E-state index contributed by atoms with van der Waals surface area (Å²) >= 11 is 5.89. The molecule has 0 spiro atoms. The molecule has 4 rings (SSSR count). The van der Waals surface area contributed by atoms with Gasteiger partial charge >= 0.3 is 0 Å². The molecule has 0 atom stereocenters. The second kappa shape index (κ2) is 3.19. The van der Waals surface area contributed by atoms with Gasteiger partial charge in [0.15, 0.2) is 0 Å². The summed E-state index contributed by atoms with van der Waals surface area (Å²) in [7, 11) is 0. The second-order valence-corrected chi connectivity index (χ2v) is 5.60. The Morgan fingerprint density at radius 3 is 2.38 bits per heavy atom. The van der Waals surface area contributed by atoms with Crippen LogP contribution < -0.4 is 0 Å². The highest BCUT2D eigenvalue weighted by Gasteiger charge is 2.68. The van der Waals surface area contributed by atoms with Crippen LogP contribution in [0.1, 0.15) is 36.8 Å². The third kappa shape index (κ3) is 1.20. The summed E-state index contributed by atoms with van der Waals surface area (Å²) in [5, 5.41) is 0. The smallest absolute Gasteiger partial charge is 0.205 e. The van der Waals surface area contributed by atoms with Gasteiger partial charge in [0.25, 0.3) is 6.43 Å². The zero-order valence-electron chi connectivity index (χ0n) is 8.85. The van der Waals surface area contributed by atoms with E-state index in [1.165, 1.54) is 0 Å². The maximum Gasteiger partial charge on any atom is 0.264 e. The van der Waals surface area contributed by atoms with Crippen molar-refractivity contribution < 1.29 is 8.78 Å². The fourth-order valence-corrected chi connectivity index (χ4v) is 3.88. The van der Waals surface area contributed by atoms with E-state index in [4.69, 9.17) is 11.6 Å². The number of hydrogen-bond acceptors (Lipinski definition) is 0. The summed E-state index contributed by atoms with van der Waals surface area (Å²) in [6.45, 7) is 0. The molecule has 3 heteroatoms. The van der Waals surface area contributed by atoms with E-state index in [1.54, 1.807) is 12.1 Å². The lowest BCUT2D eigenvalue weighted by atomic mass is 9.34. The Kier molecular flexibility index (Phi) is 2.10. The first-order chi connectivity index (χ1) is 7.61. The van der Waals surface area contributed by atoms with Crippen molar-refractivity contribution in [1.82, 2.24) is 0 Å². The van der Waals surface area contributed by atoms with Crippen LogP contribution in [0, 0.1) is 5.41 Å². The van der Waals surface area contributed by atoms with Crippen molar-refractivity contribution >= 4 is 11.6 Å². The Hall–Kier alpha value is -0.630. The predicted octanol–water partition coefficient (Wildman–Crippen LogP) is 4.28. The highest BCUT2D eigenvalue weighted by atomic mass is 35.5. The number of benzene rings is 1. The average Bonchev–Trinajstić information content (AvgIpc) is 2.15. The van der Waals surface area contributed by atoms with E-state index in [2.05, 4.69) is 0 Å². The van der Waals surface area contributed by atoms with Crippen molar-refractivity contribution in [1.29, 1.82) is 0 Å². The molecule has 1 aromatic carbocycles. The second-order valence-electron chi connectivity index (χ2n) is 5.33. The molecule has 0 aromatic heterocycles. The molecule has 3 fully saturated rings. The Labute approximate surface area is 98.6 Å². The van der Waals surface area contributed by atoms with E-state index >= 15 is 0 Å². The van der Waals surface area contributed by atoms with Gasteiger partial charge in [-0.2, -0.15) is 0 Å². The highest BCUT2D eigenvalue weighted by Crippen LogP contribution is 2.74. The van der Waals surface area contributed by atoms with Gasteiger partial charge in [0.05, 0.1) is 0 Å². The van der Waals surface area contributed by atoms with Gasteiger partial charge in [0, 0.05) is 11.4 Å². The van der Waals surface area contributed by atoms with Crippen molar-refractivity contribution in [2.24, 2.45) is 5.41 Å². The number of hydrogen-bond donors (Lipinski definition) is 0. The molecule has 1 aromatic rings. The lowest BCUT2D eigenvalue weighted by Crippen LogP contribution is -2.65. The largest absolute Gasteiger partial charge is 0.264 e. The first-order valence-corrected chi connectivity index (χ1v) is 6.08. The van der Waals surface area contributed by atoms with Crippen LogP contribution >= 0.6 is 11.6 Å². The fraction of sp³-hybridized carbons (Fsp3) is 0.538. The number of rotatable bonds is 3. The summed E-state index contributed by atoms with van der Waals surface area (Å²) < 4.78 is 25.8. The lowest BCUT2D eigenvalue weighted by molar-refractivity contribution is -0.123. The molecule has 0 nitrogen and oxygen atoms in total. The molecular weight excluding hydrogens is 230 g/mol. The predicted molar refractivity (Wildman–Crippen MR) is 60.1 cm³/mol. The lowest BCUT2D eigenvalue weighted by Gasteiger charge is -2.71. The summed E-state index contributed by atoms with van der Waals surface area (Å²) in [6, 6.07) is 6.95. The minimum absolute atomic E-state index is 0.0297. The minimum Gasteiger partial charge on any atom is -0.205 e. The van der Waals surface area contributed by atoms with Crippen molar-refractivity contribution in [2.75, 3.05) is 5.88 Å². The van der Waals surface area contributed by atoms with Gasteiger partial charge in [0.1, 0.15) is 0 Å². The van der Waals surface area contributed by atoms with Gasteiger partial charge in [-0.15, -0.1) is 11.6 Å². The molecule has 0 radical (unpaired) electrons. The maximum absolute atomic E-state index is 12.9. The van der Waals surface area contributed by atoms with Gasteiger partial charge < -0.3 is 0 Å². The minimum atomic E-state index is -2.36. The van der Waals surface area contributed by atoms with Crippen LogP contribution in [0.4, 0.5) is 8.78 Å². The molecule has 0 unspecified atom stereocenters. The topological polar surface area (TPSA) is 0 Å². The van der Waals surface area contributed by atoms with Crippen LogP contribution in [-0.4, -0.2) is 5.88 Å². The average molecular weight is 243 g/mol. The number of alkyl halides is 3. The Morgan fingerprint density at radius 2 is 1.81 bits per heavy atom. The Morgan fingerprint density at radius 1 is 1.19 bits per heavy atom. The van der Waals surface area contributed by atoms with Crippen molar-refractivity contribution in [3.05, 3.63) is 35.4 Å². The van der Waals surface area contributed by atoms with E-state index < -0.39 is 6.43 Å². The Balaban J connectivity index is 1.92. The molecule has 0 amide bonds. The van der Waals surface area contributed by atoms with E-state index in [1.807, 2.05) is 12.1 Å². The van der Waals surface area contributed by atoms with Crippen LogP contribution in [0.5, 0.6) is 0 Å². The molecule has 16 heavy (non-hydrogen) atoms. The van der Waals surface area contributed by atoms with Crippen molar-refractivity contribution in [2.45, 2.75) is 31.1 Å². The summed E-state index contributed by atoms with van der Waals surface area (Å²) in [5.74, 6) is 0.672. The normalized spacial score (nSPS) is 35.8. The van der Waals surface area contributed by atoms with Crippen LogP contribution in [0.15, 0.2) is 24.3 Å². The molecule has 0 saturated heterocycles. The third-order valence-corrected chi connectivity index (χ3v) is 4.76. The molecule has 0 N–H and O–H groups in total. The third-order valence-electron chi connectivity index (χ3n) is 4.19. The van der Waals surface area contributed by atoms with Gasteiger partial charge in [0.2, 0.25) is 0 Å². The number of halogens is 3. The fourth-order valence-electron chi connectivity index (χ4n) is 3.60. The first-order valence-electron chi connectivity index (χ1n) is 5.54.